The van der Waals surface area contributed by atoms with Crippen LogP contribution in [0.4, 0.5) is 11.5 Å². The lowest BCUT2D eigenvalue weighted by Crippen LogP contribution is -2.13. The van der Waals surface area contributed by atoms with Crippen LogP contribution in [0.1, 0.15) is 18.4 Å². The molecule has 6 nitrogen and oxygen atoms in total. The molecule has 1 heterocycles. The van der Waals surface area contributed by atoms with E-state index >= 15 is 0 Å². The molecule has 6 heteroatoms. The maximum absolute atomic E-state index is 11.6. The van der Waals surface area contributed by atoms with Crippen molar-refractivity contribution in [2.45, 2.75) is 19.4 Å². The van der Waals surface area contributed by atoms with Gasteiger partial charge in [0, 0.05) is 18.5 Å². The van der Waals surface area contributed by atoms with Gasteiger partial charge >= 0.3 is 0 Å². The van der Waals surface area contributed by atoms with Crippen LogP contribution in [0.25, 0.3) is 0 Å². The van der Waals surface area contributed by atoms with Gasteiger partial charge in [0.15, 0.2) is 0 Å². The van der Waals surface area contributed by atoms with Crippen LogP contribution in [0.2, 0.25) is 0 Å². The van der Waals surface area contributed by atoms with Gasteiger partial charge in [-0.1, -0.05) is 18.2 Å². The number of pyridine rings is 1. The number of carbonyl (C=O) groups is 1. The van der Waals surface area contributed by atoms with Crippen molar-refractivity contribution in [1.29, 1.82) is 0 Å². The molecule has 4 N–H and O–H groups in total. The van der Waals surface area contributed by atoms with Gasteiger partial charge in [-0.05, 0) is 31.2 Å². The molecule has 122 valence electrons. The minimum atomic E-state index is -0.0491. The molecule has 0 bridgehead atoms. The summed E-state index contributed by atoms with van der Waals surface area (Å²) in [4.78, 5) is 15.9. The molecule has 1 amide bonds. The first-order valence-corrected chi connectivity index (χ1v) is 7.54. The Morgan fingerprint density at radius 3 is 2.78 bits per heavy atom. The average Bonchev–Trinajstić information content (AvgIpc) is 2.59. The first-order chi connectivity index (χ1) is 11.2. The Labute approximate surface area is 136 Å². The van der Waals surface area contributed by atoms with Crippen molar-refractivity contribution in [1.82, 2.24) is 4.98 Å². The van der Waals surface area contributed by atoms with Crippen molar-refractivity contribution in [3.8, 4) is 5.75 Å². The van der Waals surface area contributed by atoms with Crippen LogP contribution >= 0.6 is 0 Å². The molecule has 0 fully saturated rings. The second-order valence-electron chi connectivity index (χ2n) is 5.04. The molecule has 2 aromatic rings. The largest absolute Gasteiger partial charge is 0.496 e. The summed E-state index contributed by atoms with van der Waals surface area (Å²) in [6.45, 7) is 1.12. The monoisotopic (exact) mass is 314 g/mol. The lowest BCUT2D eigenvalue weighted by atomic mass is 10.2. The molecule has 2 rings (SSSR count). The van der Waals surface area contributed by atoms with E-state index in [4.69, 9.17) is 10.5 Å². The molecule has 0 aliphatic heterocycles. The van der Waals surface area contributed by atoms with Gasteiger partial charge in [-0.2, -0.15) is 0 Å². The van der Waals surface area contributed by atoms with E-state index in [9.17, 15) is 4.79 Å². The fourth-order valence-corrected chi connectivity index (χ4v) is 2.09. The lowest BCUT2D eigenvalue weighted by Gasteiger charge is -2.10. The van der Waals surface area contributed by atoms with Crippen molar-refractivity contribution in [2.24, 2.45) is 5.73 Å². The molecule has 1 aromatic carbocycles. The molecule has 0 aliphatic rings. The smallest absolute Gasteiger partial charge is 0.224 e. The van der Waals surface area contributed by atoms with Crippen molar-refractivity contribution in [3.05, 3.63) is 48.2 Å². The minimum Gasteiger partial charge on any atom is -0.496 e. The Hall–Kier alpha value is -2.60. The van der Waals surface area contributed by atoms with Gasteiger partial charge in [-0.15, -0.1) is 0 Å². The highest BCUT2D eigenvalue weighted by molar-refractivity contribution is 5.90. The molecule has 23 heavy (non-hydrogen) atoms. The number of carbonyl (C=O) groups excluding carboxylic acids is 1. The van der Waals surface area contributed by atoms with E-state index in [0.29, 0.717) is 31.6 Å². The van der Waals surface area contributed by atoms with Crippen molar-refractivity contribution >= 4 is 17.4 Å². The second kappa shape index (κ2) is 8.75. The summed E-state index contributed by atoms with van der Waals surface area (Å²) in [5.41, 5.74) is 7.11. The van der Waals surface area contributed by atoms with Crippen LogP contribution < -0.4 is 21.1 Å². The normalized spacial score (nSPS) is 10.2. The zero-order chi connectivity index (χ0) is 16.5. The Balaban J connectivity index is 1.88. The predicted octanol–water partition coefficient (Wildman–Crippen LogP) is 2.38. The number of para-hydroxylation sites is 1. The summed E-state index contributed by atoms with van der Waals surface area (Å²) in [6.07, 6.45) is 2.73. The van der Waals surface area contributed by atoms with E-state index in [0.717, 1.165) is 17.1 Å². The predicted molar refractivity (Wildman–Crippen MR) is 91.5 cm³/mol. The minimum absolute atomic E-state index is 0.0491. The number of nitrogens with two attached hydrogens (primary N) is 1. The van der Waals surface area contributed by atoms with Gasteiger partial charge in [-0.25, -0.2) is 4.98 Å². The molecule has 1 aromatic heterocycles. The number of ether oxygens (including phenoxy) is 1. The topological polar surface area (TPSA) is 89.3 Å². The highest BCUT2D eigenvalue weighted by Crippen LogP contribution is 2.18. The van der Waals surface area contributed by atoms with Gasteiger partial charge < -0.3 is 21.1 Å². The van der Waals surface area contributed by atoms with E-state index in [1.165, 1.54) is 0 Å². The summed E-state index contributed by atoms with van der Waals surface area (Å²) >= 11 is 0. The third-order valence-corrected chi connectivity index (χ3v) is 3.31. The number of nitrogens with one attached hydrogen (secondary N) is 2. The van der Waals surface area contributed by atoms with E-state index < -0.39 is 0 Å². The number of aromatic nitrogens is 1. The summed E-state index contributed by atoms with van der Waals surface area (Å²) in [5, 5.41) is 6.02. The number of benzene rings is 1. The standard InChI is InChI=1S/C17H22N4O2/c1-23-15-6-3-2-5-13(15)11-19-16-9-8-14(12-20-16)21-17(22)7-4-10-18/h2-3,5-6,8-9,12H,4,7,10-11,18H2,1H3,(H,19,20)(H,21,22). The Kier molecular flexibility index (Phi) is 6.38. The quantitative estimate of drug-likeness (QED) is 0.696. The van der Waals surface area contributed by atoms with E-state index in [1.54, 1.807) is 13.3 Å². The molecule has 0 saturated heterocycles. The molecule has 0 radical (unpaired) electrons. The molecule has 0 unspecified atom stereocenters. The Morgan fingerprint density at radius 2 is 2.09 bits per heavy atom. The maximum atomic E-state index is 11.6. The van der Waals surface area contributed by atoms with Gasteiger partial charge in [0.2, 0.25) is 5.91 Å². The number of amides is 1. The first kappa shape index (κ1) is 16.8. The number of hydrogen-bond donors (Lipinski definition) is 3. The van der Waals surface area contributed by atoms with E-state index in [1.807, 2.05) is 36.4 Å². The Morgan fingerprint density at radius 1 is 1.26 bits per heavy atom. The van der Waals surface area contributed by atoms with Crippen molar-refractivity contribution in [2.75, 3.05) is 24.3 Å². The lowest BCUT2D eigenvalue weighted by molar-refractivity contribution is -0.116. The highest BCUT2D eigenvalue weighted by atomic mass is 16.5. The van der Waals surface area contributed by atoms with E-state index in [2.05, 4.69) is 15.6 Å². The molecule has 0 aliphatic carbocycles. The van der Waals surface area contributed by atoms with Crippen LogP contribution in [0, 0.1) is 0 Å². The SMILES string of the molecule is COc1ccccc1CNc1ccc(NC(=O)CCCN)cn1. The number of hydrogen-bond acceptors (Lipinski definition) is 5. The number of nitrogens with zero attached hydrogens (tertiary/aromatic N) is 1. The van der Waals surface area contributed by atoms with Crippen molar-refractivity contribution < 1.29 is 9.53 Å². The molecule has 0 saturated carbocycles. The zero-order valence-electron chi connectivity index (χ0n) is 13.2. The molecule has 0 spiro atoms. The van der Waals surface area contributed by atoms with Crippen molar-refractivity contribution in [3.63, 3.8) is 0 Å². The maximum Gasteiger partial charge on any atom is 0.224 e. The van der Waals surface area contributed by atoms with Crippen LogP contribution in [-0.4, -0.2) is 24.5 Å². The van der Waals surface area contributed by atoms with Gasteiger partial charge in [0.1, 0.15) is 11.6 Å². The van der Waals surface area contributed by atoms with Gasteiger partial charge in [0.05, 0.1) is 19.0 Å². The number of rotatable bonds is 8. The van der Waals surface area contributed by atoms with Gasteiger partial charge in [0.25, 0.3) is 0 Å². The van der Waals surface area contributed by atoms with Crippen LogP contribution in [-0.2, 0) is 11.3 Å². The molecular weight excluding hydrogens is 292 g/mol. The highest BCUT2D eigenvalue weighted by Gasteiger charge is 2.04. The van der Waals surface area contributed by atoms with Crippen LogP contribution in [0.5, 0.6) is 5.75 Å². The first-order valence-electron chi connectivity index (χ1n) is 7.54. The zero-order valence-corrected chi connectivity index (χ0v) is 13.2. The summed E-state index contributed by atoms with van der Waals surface area (Å²) < 4.78 is 5.31. The third-order valence-electron chi connectivity index (χ3n) is 3.31. The fraction of sp³-hybridized carbons (Fsp3) is 0.294. The number of methoxy groups -OCH3 is 1. The van der Waals surface area contributed by atoms with Crippen LogP contribution in [0.15, 0.2) is 42.6 Å². The Bertz CT molecular complexity index is 629. The summed E-state index contributed by atoms with van der Waals surface area (Å²) in [6, 6.07) is 11.5. The molecular formula is C17H22N4O2. The third kappa shape index (κ3) is 5.27. The second-order valence-corrected chi connectivity index (χ2v) is 5.04. The number of anilines is 2. The van der Waals surface area contributed by atoms with Gasteiger partial charge in [-0.3, -0.25) is 4.79 Å². The average molecular weight is 314 g/mol. The molecule has 0 atom stereocenters. The fourth-order valence-electron chi connectivity index (χ4n) is 2.09. The van der Waals surface area contributed by atoms with Crippen LogP contribution in [0.3, 0.4) is 0 Å². The summed E-state index contributed by atoms with van der Waals surface area (Å²) in [7, 11) is 1.65. The van der Waals surface area contributed by atoms with E-state index in [-0.39, 0.29) is 5.91 Å². The summed E-state index contributed by atoms with van der Waals surface area (Å²) in [5.74, 6) is 1.52.